The van der Waals surface area contributed by atoms with E-state index in [2.05, 4.69) is 0 Å². The van der Waals surface area contributed by atoms with Crippen molar-refractivity contribution >= 4 is 43.9 Å². The molecule has 1 radical (unpaired) electrons. The van der Waals surface area contributed by atoms with E-state index in [4.69, 9.17) is 22.5 Å². The van der Waals surface area contributed by atoms with E-state index in [-0.39, 0.29) is 0 Å². The van der Waals surface area contributed by atoms with E-state index in [1.165, 1.54) is 13.8 Å². The van der Waals surface area contributed by atoms with Crippen LogP contribution in [-0.2, 0) is 18.8 Å². The topological polar surface area (TPSA) is 68.3 Å². The van der Waals surface area contributed by atoms with Crippen molar-refractivity contribution in [3.63, 3.8) is 0 Å². The number of hydrogen-bond acceptors (Lipinski definition) is 4. The number of hydrogen-bond donors (Lipinski definition) is 0. The van der Waals surface area contributed by atoms with Gasteiger partial charge in [0.05, 0.1) is 10.7 Å². The Kier molecular flexibility index (Phi) is 3.86. The van der Waals surface area contributed by atoms with Crippen molar-refractivity contribution in [1.82, 2.24) is 0 Å². The van der Waals surface area contributed by atoms with Gasteiger partial charge < -0.3 is 0 Å². The minimum absolute atomic E-state index is 0.877. The zero-order valence-corrected chi connectivity index (χ0v) is 9.15. The summed E-state index contributed by atoms with van der Waals surface area (Å²) < 4.78 is 20.1. The molecule has 75 valence electrons. The number of rotatable bonds is 3. The standard InChI is InChI=1S/C5H7Cl2NO4S/c1-4(2)8(6,5(10)3-9)13(7,11)12/h4H,1-2H3/q+1. The van der Waals surface area contributed by atoms with Crippen LogP contribution >= 0.6 is 22.5 Å². The number of carbonyl (C=O) groups is 1. The van der Waals surface area contributed by atoms with Gasteiger partial charge in [0, 0.05) is 0 Å². The Hall–Kier alpha value is -0.170. The third-order valence-electron chi connectivity index (χ3n) is 1.35. The molecule has 13 heavy (non-hydrogen) atoms. The smallest absolute Gasteiger partial charge is 0.274 e. The maximum Gasteiger partial charge on any atom is 0.425 e. The van der Waals surface area contributed by atoms with Crippen LogP contribution in [0.25, 0.3) is 0 Å². The van der Waals surface area contributed by atoms with Gasteiger partial charge >= 0.3 is 21.4 Å². The van der Waals surface area contributed by atoms with Crippen LogP contribution in [0.2, 0.25) is 0 Å². The quantitative estimate of drug-likeness (QED) is 0.414. The van der Waals surface area contributed by atoms with E-state index in [1.54, 1.807) is 0 Å². The summed E-state index contributed by atoms with van der Waals surface area (Å²) in [5.41, 5.74) is 0. The molecule has 0 heterocycles. The summed E-state index contributed by atoms with van der Waals surface area (Å²) in [5.74, 6) is -1.44. The van der Waals surface area contributed by atoms with Crippen molar-refractivity contribution in [3.05, 3.63) is 0 Å². The van der Waals surface area contributed by atoms with Crippen LogP contribution in [-0.4, -0.2) is 30.1 Å². The number of carbonyl (C=O) groups excluding carboxylic acids is 2. The largest absolute Gasteiger partial charge is 0.425 e. The van der Waals surface area contributed by atoms with Gasteiger partial charge in [0.2, 0.25) is 0 Å². The fraction of sp³-hybridized carbons (Fsp3) is 0.600. The van der Waals surface area contributed by atoms with Crippen molar-refractivity contribution < 1.29 is 21.4 Å². The molecule has 0 bridgehead atoms. The van der Waals surface area contributed by atoms with Crippen molar-refractivity contribution in [1.29, 1.82) is 0 Å². The Labute approximate surface area is 85.5 Å². The van der Waals surface area contributed by atoms with Gasteiger partial charge in [0.15, 0.2) is 11.8 Å². The Morgan fingerprint density at radius 3 is 1.92 bits per heavy atom. The van der Waals surface area contributed by atoms with Crippen LogP contribution < -0.4 is 0 Å². The Bertz CT molecular complexity index is 325. The summed E-state index contributed by atoms with van der Waals surface area (Å²) in [6.07, 6.45) is 0.881. The lowest BCUT2D eigenvalue weighted by Gasteiger charge is -2.22. The molecule has 1 amide bonds. The summed E-state index contributed by atoms with van der Waals surface area (Å²) in [5, 5.41) is 0. The van der Waals surface area contributed by atoms with Gasteiger partial charge in [0.1, 0.15) is 6.04 Å². The van der Waals surface area contributed by atoms with E-state index >= 15 is 0 Å². The number of halogens is 2. The average Bonchev–Trinajstić information content (AvgIpc) is 1.98. The zero-order valence-electron chi connectivity index (χ0n) is 6.82. The highest BCUT2D eigenvalue weighted by Gasteiger charge is 2.51. The first-order valence-electron chi connectivity index (χ1n) is 3.13. The van der Waals surface area contributed by atoms with Gasteiger partial charge in [-0.25, -0.2) is 4.79 Å². The van der Waals surface area contributed by atoms with Crippen LogP contribution in [0.3, 0.4) is 0 Å². The summed E-state index contributed by atoms with van der Waals surface area (Å²) >= 11 is 5.41. The molecule has 0 N–H and O–H groups in total. The van der Waals surface area contributed by atoms with E-state index < -0.39 is 24.6 Å². The van der Waals surface area contributed by atoms with Crippen molar-refractivity contribution in [2.24, 2.45) is 0 Å². The minimum Gasteiger partial charge on any atom is -0.274 e. The molecular weight excluding hydrogens is 241 g/mol. The molecule has 5 nitrogen and oxygen atoms in total. The van der Waals surface area contributed by atoms with Crippen LogP contribution in [0.4, 0.5) is 0 Å². The average molecular weight is 248 g/mol. The number of quaternary nitrogens is 1. The second kappa shape index (κ2) is 3.91. The monoisotopic (exact) mass is 247 g/mol. The molecule has 0 aliphatic carbocycles. The Morgan fingerprint density at radius 1 is 1.46 bits per heavy atom. The molecule has 0 aromatic heterocycles. The van der Waals surface area contributed by atoms with Gasteiger partial charge in [-0.2, -0.15) is 8.42 Å². The first kappa shape index (κ1) is 12.8. The third-order valence-corrected chi connectivity index (χ3v) is 4.52. The molecule has 8 heteroatoms. The molecule has 0 saturated heterocycles. The van der Waals surface area contributed by atoms with Crippen molar-refractivity contribution in [2.75, 3.05) is 0 Å². The van der Waals surface area contributed by atoms with Crippen LogP contribution in [0.15, 0.2) is 0 Å². The molecule has 0 fully saturated rings. The van der Waals surface area contributed by atoms with Crippen LogP contribution in [0.1, 0.15) is 13.8 Å². The van der Waals surface area contributed by atoms with Gasteiger partial charge in [-0.15, -0.1) is 0 Å². The molecule has 0 saturated carbocycles. The first-order chi connectivity index (χ1) is 5.67. The lowest BCUT2D eigenvalue weighted by atomic mass is 10.4. The zero-order chi connectivity index (χ0) is 10.9. The van der Waals surface area contributed by atoms with Gasteiger partial charge in [-0.05, 0) is 17.3 Å². The van der Waals surface area contributed by atoms with E-state index in [0.29, 0.717) is 0 Å². The lowest BCUT2D eigenvalue weighted by molar-refractivity contribution is -0.619. The summed E-state index contributed by atoms with van der Waals surface area (Å²) in [6.45, 7) is 2.67. The van der Waals surface area contributed by atoms with Crippen molar-refractivity contribution in [2.45, 2.75) is 19.9 Å². The van der Waals surface area contributed by atoms with Crippen LogP contribution in [0, 0.1) is 0 Å². The highest BCUT2D eigenvalue weighted by Crippen LogP contribution is 2.27. The van der Waals surface area contributed by atoms with Crippen molar-refractivity contribution in [3.8, 4) is 0 Å². The summed E-state index contributed by atoms with van der Waals surface area (Å²) in [4.78, 5) is 20.9. The predicted octanol–water partition coefficient (Wildman–Crippen LogP) is 0.485. The second-order valence-corrected chi connectivity index (χ2v) is 5.79. The molecular formula is C5H7Cl2NO4S+. The van der Waals surface area contributed by atoms with E-state index in [1.807, 2.05) is 0 Å². The normalized spacial score (nSPS) is 16.7. The molecule has 1 atom stereocenters. The summed E-state index contributed by atoms with van der Waals surface area (Å²) in [6, 6.07) is -0.877. The molecule has 0 aromatic carbocycles. The first-order valence-corrected chi connectivity index (χ1v) is 5.74. The predicted molar refractivity (Wildman–Crippen MR) is 46.7 cm³/mol. The SMILES string of the molecule is CC(C)[N+](Cl)(C(=O)[C]=O)S(=O)(=O)Cl. The van der Waals surface area contributed by atoms with Crippen LogP contribution in [0.5, 0.6) is 0 Å². The lowest BCUT2D eigenvalue weighted by Crippen LogP contribution is -2.52. The maximum absolute atomic E-state index is 10.9. The van der Waals surface area contributed by atoms with Gasteiger partial charge in [-0.1, -0.05) is 0 Å². The fourth-order valence-electron chi connectivity index (χ4n) is 0.648. The van der Waals surface area contributed by atoms with E-state index in [0.717, 1.165) is 6.29 Å². The van der Waals surface area contributed by atoms with Gasteiger partial charge in [-0.3, -0.25) is 4.79 Å². The number of nitrogens with zero attached hydrogens (tertiary/aromatic N) is 1. The molecule has 1 unspecified atom stereocenters. The summed E-state index contributed by atoms with van der Waals surface area (Å²) in [7, 11) is 0.510. The Morgan fingerprint density at radius 2 is 1.85 bits per heavy atom. The molecule has 0 rings (SSSR count). The molecule has 0 spiro atoms. The third kappa shape index (κ3) is 2.19. The second-order valence-electron chi connectivity index (χ2n) is 2.49. The Balaban J connectivity index is 5.47. The highest BCUT2D eigenvalue weighted by molar-refractivity contribution is 8.10. The van der Waals surface area contributed by atoms with E-state index in [9.17, 15) is 18.0 Å². The minimum atomic E-state index is -4.41. The molecule has 0 aliphatic rings. The maximum atomic E-state index is 10.9. The molecule has 0 aliphatic heterocycles. The highest BCUT2D eigenvalue weighted by atomic mass is 35.7. The van der Waals surface area contributed by atoms with Gasteiger partial charge in [0.25, 0.3) is 0 Å². The molecule has 0 aromatic rings. The fourth-order valence-corrected chi connectivity index (χ4v) is 2.09. The number of amides is 1.